The summed E-state index contributed by atoms with van der Waals surface area (Å²) < 4.78 is 9.17. The average molecular weight is 364 g/mol. The van der Waals surface area contributed by atoms with Gasteiger partial charge in [0.05, 0.1) is 31.1 Å². The van der Waals surface area contributed by atoms with Crippen LogP contribution in [0.15, 0.2) is 42.7 Å². The normalized spacial score (nSPS) is 11.3. The van der Waals surface area contributed by atoms with Gasteiger partial charge in [0.2, 0.25) is 0 Å². The number of hydrogen-bond acceptors (Lipinski definition) is 4. The van der Waals surface area contributed by atoms with Gasteiger partial charge in [-0.3, -0.25) is 14.2 Å². The summed E-state index contributed by atoms with van der Waals surface area (Å²) in [5.74, 6) is 0.737. The number of methoxy groups -OCH3 is 1. The maximum Gasteiger partial charge on any atom is 0.189 e. The third kappa shape index (κ3) is 4.34. The molecular formula is C21H24N4O2. The molecule has 3 aromatic rings. The highest BCUT2D eigenvalue weighted by molar-refractivity contribution is 6.06. The Morgan fingerprint density at radius 2 is 2.07 bits per heavy atom. The zero-order valence-corrected chi connectivity index (χ0v) is 16.1. The van der Waals surface area contributed by atoms with E-state index < -0.39 is 0 Å². The van der Waals surface area contributed by atoms with E-state index in [1.165, 1.54) is 0 Å². The summed E-state index contributed by atoms with van der Waals surface area (Å²) in [6.07, 6.45) is 6.75. The van der Waals surface area contributed by atoms with Gasteiger partial charge in [0.15, 0.2) is 5.78 Å². The molecular weight excluding hydrogens is 340 g/mol. The number of ether oxygens (including phenoxy) is 1. The number of aromatic nitrogens is 4. The Hall–Kier alpha value is -3.15. The largest absolute Gasteiger partial charge is 0.496 e. The molecule has 0 bridgehead atoms. The van der Waals surface area contributed by atoms with Crippen molar-refractivity contribution in [2.24, 2.45) is 0 Å². The van der Waals surface area contributed by atoms with Gasteiger partial charge in [-0.25, -0.2) is 0 Å². The number of hydrogen-bond donors (Lipinski definition) is 0. The van der Waals surface area contributed by atoms with Crippen LogP contribution in [0, 0.1) is 13.8 Å². The van der Waals surface area contributed by atoms with Gasteiger partial charge in [-0.15, -0.1) is 0 Å². The third-order valence-electron chi connectivity index (χ3n) is 4.40. The van der Waals surface area contributed by atoms with Gasteiger partial charge in [-0.1, -0.05) is 12.1 Å². The molecule has 140 valence electrons. The Labute approximate surface area is 159 Å². The van der Waals surface area contributed by atoms with Crippen molar-refractivity contribution in [2.75, 3.05) is 7.11 Å². The molecule has 6 heteroatoms. The van der Waals surface area contributed by atoms with E-state index in [0.717, 1.165) is 34.8 Å². The molecule has 27 heavy (non-hydrogen) atoms. The maximum absolute atomic E-state index is 12.3. The van der Waals surface area contributed by atoms with Gasteiger partial charge in [-0.05, 0) is 50.6 Å². The minimum atomic E-state index is -0.0642. The number of allylic oxidation sites excluding steroid dienone is 1. The van der Waals surface area contributed by atoms with Crippen LogP contribution in [0.5, 0.6) is 5.75 Å². The molecule has 2 heterocycles. The Morgan fingerprint density at radius 1 is 1.26 bits per heavy atom. The number of ketones is 1. The zero-order chi connectivity index (χ0) is 19.4. The highest BCUT2D eigenvalue weighted by atomic mass is 16.5. The van der Waals surface area contributed by atoms with Crippen LogP contribution in [0.3, 0.4) is 0 Å². The van der Waals surface area contributed by atoms with Gasteiger partial charge in [-0.2, -0.15) is 10.2 Å². The summed E-state index contributed by atoms with van der Waals surface area (Å²) in [5, 5.41) is 8.65. The van der Waals surface area contributed by atoms with Crippen LogP contribution >= 0.6 is 0 Å². The van der Waals surface area contributed by atoms with Crippen LogP contribution in [0.25, 0.3) is 6.08 Å². The monoisotopic (exact) mass is 364 g/mol. The van der Waals surface area contributed by atoms with Crippen LogP contribution < -0.4 is 4.74 Å². The molecule has 1 aromatic carbocycles. The quantitative estimate of drug-likeness (QED) is 0.474. The Balaban J connectivity index is 1.81. The Morgan fingerprint density at radius 3 is 2.70 bits per heavy atom. The lowest BCUT2D eigenvalue weighted by atomic mass is 10.1. The second-order valence-electron chi connectivity index (χ2n) is 6.44. The van der Waals surface area contributed by atoms with E-state index >= 15 is 0 Å². The fourth-order valence-corrected chi connectivity index (χ4v) is 2.95. The average Bonchev–Trinajstić information content (AvgIpc) is 3.26. The standard InChI is InChI=1S/C21H24N4O2/c1-5-24-13-19(12-22-24)20(26)8-6-17-7-9-21(27-4)18(11-17)14-25-16(3)10-15(2)23-25/h6-13H,5,14H2,1-4H3/b8-6+. The second kappa shape index (κ2) is 8.03. The number of benzene rings is 1. The molecule has 0 aliphatic carbocycles. The molecule has 0 atom stereocenters. The first kappa shape index (κ1) is 18.6. The molecule has 0 radical (unpaired) electrons. The van der Waals surface area contributed by atoms with Crippen LogP contribution in [0.2, 0.25) is 0 Å². The fraction of sp³-hybridized carbons (Fsp3) is 0.286. The number of nitrogens with zero attached hydrogens (tertiary/aromatic N) is 4. The van der Waals surface area contributed by atoms with Crippen molar-refractivity contribution in [2.45, 2.75) is 33.9 Å². The molecule has 0 saturated heterocycles. The predicted molar refractivity (Wildman–Crippen MR) is 105 cm³/mol. The summed E-state index contributed by atoms with van der Waals surface area (Å²) in [6, 6.07) is 7.92. The number of carbonyl (C=O) groups is 1. The molecule has 6 nitrogen and oxygen atoms in total. The first-order valence-electron chi connectivity index (χ1n) is 8.93. The molecule has 0 spiro atoms. The summed E-state index contributed by atoms with van der Waals surface area (Å²) in [4.78, 5) is 12.3. The van der Waals surface area contributed by atoms with E-state index in [0.29, 0.717) is 12.1 Å². The molecule has 0 aliphatic heterocycles. The van der Waals surface area contributed by atoms with Gasteiger partial charge in [0.25, 0.3) is 0 Å². The van der Waals surface area contributed by atoms with Crippen LogP contribution in [-0.2, 0) is 13.1 Å². The van der Waals surface area contributed by atoms with Gasteiger partial charge >= 0.3 is 0 Å². The van der Waals surface area contributed by atoms with Crippen molar-refractivity contribution in [1.29, 1.82) is 0 Å². The predicted octanol–water partition coefficient (Wildman–Crippen LogP) is 3.67. The van der Waals surface area contributed by atoms with Gasteiger partial charge < -0.3 is 4.74 Å². The molecule has 2 aromatic heterocycles. The Bertz CT molecular complexity index is 982. The van der Waals surface area contributed by atoms with E-state index in [2.05, 4.69) is 10.2 Å². The lowest BCUT2D eigenvalue weighted by molar-refractivity contribution is 0.104. The molecule has 0 N–H and O–H groups in total. The Kier molecular flexibility index (Phi) is 5.54. The molecule has 3 rings (SSSR count). The number of aryl methyl sites for hydroxylation is 3. The zero-order valence-electron chi connectivity index (χ0n) is 16.1. The maximum atomic E-state index is 12.3. The van der Waals surface area contributed by atoms with E-state index in [9.17, 15) is 4.79 Å². The van der Waals surface area contributed by atoms with Crippen molar-refractivity contribution >= 4 is 11.9 Å². The highest BCUT2D eigenvalue weighted by Gasteiger charge is 2.09. The third-order valence-corrected chi connectivity index (χ3v) is 4.40. The SMILES string of the molecule is CCn1cc(C(=O)/C=C/c2ccc(OC)c(Cn3nc(C)cc3C)c2)cn1. The van der Waals surface area contributed by atoms with Gasteiger partial charge in [0.1, 0.15) is 5.75 Å². The summed E-state index contributed by atoms with van der Waals surface area (Å²) in [7, 11) is 1.66. The summed E-state index contributed by atoms with van der Waals surface area (Å²) in [5.41, 5.74) is 4.62. The molecule has 0 unspecified atom stereocenters. The smallest absolute Gasteiger partial charge is 0.189 e. The second-order valence-corrected chi connectivity index (χ2v) is 6.44. The van der Waals surface area contributed by atoms with Crippen molar-refractivity contribution in [3.63, 3.8) is 0 Å². The van der Waals surface area contributed by atoms with Crippen LogP contribution in [-0.4, -0.2) is 32.5 Å². The van der Waals surface area contributed by atoms with Crippen LogP contribution in [0.4, 0.5) is 0 Å². The van der Waals surface area contributed by atoms with Gasteiger partial charge in [0, 0.05) is 24.0 Å². The van der Waals surface area contributed by atoms with Crippen molar-refractivity contribution in [1.82, 2.24) is 19.6 Å². The molecule has 0 fully saturated rings. The molecule has 0 amide bonds. The lowest BCUT2D eigenvalue weighted by Gasteiger charge is -2.11. The molecule has 0 saturated carbocycles. The van der Waals surface area contributed by atoms with Crippen molar-refractivity contribution < 1.29 is 9.53 Å². The van der Waals surface area contributed by atoms with Crippen LogP contribution in [0.1, 0.15) is 39.8 Å². The van der Waals surface area contributed by atoms with E-state index in [1.807, 2.05) is 55.8 Å². The first-order chi connectivity index (χ1) is 13.0. The van der Waals surface area contributed by atoms with E-state index in [-0.39, 0.29) is 5.78 Å². The van der Waals surface area contributed by atoms with E-state index in [1.54, 1.807) is 30.3 Å². The topological polar surface area (TPSA) is 61.9 Å². The summed E-state index contributed by atoms with van der Waals surface area (Å²) in [6.45, 7) is 7.35. The van der Waals surface area contributed by atoms with Crippen molar-refractivity contribution in [3.05, 3.63) is 70.8 Å². The van der Waals surface area contributed by atoms with E-state index in [4.69, 9.17) is 4.74 Å². The number of rotatable bonds is 7. The first-order valence-corrected chi connectivity index (χ1v) is 8.93. The number of carbonyl (C=O) groups excluding carboxylic acids is 1. The fourth-order valence-electron chi connectivity index (χ4n) is 2.95. The van der Waals surface area contributed by atoms with Crippen molar-refractivity contribution in [3.8, 4) is 5.75 Å². The minimum Gasteiger partial charge on any atom is -0.496 e. The minimum absolute atomic E-state index is 0.0642. The summed E-state index contributed by atoms with van der Waals surface area (Å²) >= 11 is 0. The highest BCUT2D eigenvalue weighted by Crippen LogP contribution is 2.22. The lowest BCUT2D eigenvalue weighted by Crippen LogP contribution is -2.05. The molecule has 0 aliphatic rings.